The van der Waals surface area contributed by atoms with E-state index in [0.717, 1.165) is 0 Å². The first-order valence-electron chi connectivity index (χ1n) is 5.19. The van der Waals surface area contributed by atoms with Gasteiger partial charge in [0.1, 0.15) is 0 Å². The summed E-state index contributed by atoms with van der Waals surface area (Å²) in [6.45, 7) is 8.09. The van der Waals surface area contributed by atoms with E-state index in [1.54, 1.807) is 0 Å². The van der Waals surface area contributed by atoms with Crippen molar-refractivity contribution in [2.75, 3.05) is 12.4 Å². The molecular formula is C14H19N. The average Bonchev–Trinajstić information content (AvgIpc) is 2.26. The fourth-order valence-corrected chi connectivity index (χ4v) is 1.66. The molecule has 0 amide bonds. The van der Waals surface area contributed by atoms with Crippen LogP contribution in [-0.2, 0) is 5.41 Å². The Balaban J connectivity index is 3.13. The number of hydrogen-bond donors (Lipinski definition) is 1. The Bertz CT molecular complexity index is 361. The van der Waals surface area contributed by atoms with Gasteiger partial charge in [0.25, 0.3) is 0 Å². The summed E-state index contributed by atoms with van der Waals surface area (Å²) in [5.41, 5.74) is 2.50. The van der Waals surface area contributed by atoms with E-state index in [0.29, 0.717) is 0 Å². The van der Waals surface area contributed by atoms with Crippen LogP contribution in [0.25, 0.3) is 0 Å². The SMILES string of the molecule is C=C/C=C\C(C)(C)c1ccccc1NC. The summed E-state index contributed by atoms with van der Waals surface area (Å²) < 4.78 is 0. The lowest BCUT2D eigenvalue weighted by atomic mass is 9.83. The summed E-state index contributed by atoms with van der Waals surface area (Å²) in [5.74, 6) is 0. The number of para-hydroxylation sites is 1. The maximum Gasteiger partial charge on any atom is 0.0378 e. The lowest BCUT2D eigenvalue weighted by Crippen LogP contribution is -2.15. The molecule has 0 spiro atoms. The van der Waals surface area contributed by atoms with Crippen LogP contribution < -0.4 is 5.32 Å². The van der Waals surface area contributed by atoms with Crippen LogP contribution in [0.1, 0.15) is 19.4 Å². The van der Waals surface area contributed by atoms with Crippen LogP contribution in [0.15, 0.2) is 49.1 Å². The first-order valence-corrected chi connectivity index (χ1v) is 5.19. The first-order chi connectivity index (χ1) is 7.11. The molecule has 0 aliphatic carbocycles. The molecule has 0 aromatic heterocycles. The van der Waals surface area contributed by atoms with Crippen molar-refractivity contribution >= 4 is 5.69 Å². The summed E-state index contributed by atoms with van der Waals surface area (Å²) in [6, 6.07) is 8.36. The van der Waals surface area contributed by atoms with Gasteiger partial charge in [-0.1, -0.05) is 56.9 Å². The summed E-state index contributed by atoms with van der Waals surface area (Å²) in [7, 11) is 1.95. The Morgan fingerprint density at radius 3 is 2.53 bits per heavy atom. The molecule has 0 atom stereocenters. The number of nitrogens with one attached hydrogen (secondary N) is 1. The minimum atomic E-state index is 0.0216. The largest absolute Gasteiger partial charge is 0.388 e. The Hall–Kier alpha value is -1.50. The zero-order valence-corrected chi connectivity index (χ0v) is 9.75. The third-order valence-electron chi connectivity index (χ3n) is 2.54. The lowest BCUT2D eigenvalue weighted by Gasteiger charge is -2.24. The minimum Gasteiger partial charge on any atom is -0.388 e. The van der Waals surface area contributed by atoms with E-state index < -0.39 is 0 Å². The van der Waals surface area contributed by atoms with Gasteiger partial charge in [-0.25, -0.2) is 0 Å². The molecule has 0 fully saturated rings. The fourth-order valence-electron chi connectivity index (χ4n) is 1.66. The van der Waals surface area contributed by atoms with Crippen molar-refractivity contribution in [3.8, 4) is 0 Å². The molecule has 0 saturated carbocycles. The molecular weight excluding hydrogens is 182 g/mol. The second-order valence-corrected chi connectivity index (χ2v) is 4.11. The van der Waals surface area contributed by atoms with Crippen molar-refractivity contribution in [2.45, 2.75) is 19.3 Å². The van der Waals surface area contributed by atoms with Crippen molar-refractivity contribution in [3.05, 3.63) is 54.6 Å². The molecule has 1 aromatic rings. The van der Waals surface area contributed by atoms with Crippen LogP contribution in [0.3, 0.4) is 0 Å². The maximum atomic E-state index is 3.70. The van der Waals surface area contributed by atoms with Crippen LogP contribution in [-0.4, -0.2) is 7.05 Å². The van der Waals surface area contributed by atoms with E-state index >= 15 is 0 Å². The monoisotopic (exact) mass is 201 g/mol. The second kappa shape index (κ2) is 4.83. The van der Waals surface area contributed by atoms with Gasteiger partial charge in [0, 0.05) is 18.2 Å². The zero-order valence-electron chi connectivity index (χ0n) is 9.75. The highest BCUT2D eigenvalue weighted by Gasteiger charge is 2.19. The second-order valence-electron chi connectivity index (χ2n) is 4.11. The molecule has 0 bridgehead atoms. The van der Waals surface area contributed by atoms with Crippen LogP contribution in [0.4, 0.5) is 5.69 Å². The van der Waals surface area contributed by atoms with Crippen molar-refractivity contribution in [2.24, 2.45) is 0 Å². The molecule has 0 aliphatic rings. The van der Waals surface area contributed by atoms with Crippen LogP contribution in [0.5, 0.6) is 0 Å². The van der Waals surface area contributed by atoms with Gasteiger partial charge in [0.2, 0.25) is 0 Å². The Kier molecular flexibility index (Phi) is 3.73. The highest BCUT2D eigenvalue weighted by Crippen LogP contribution is 2.30. The summed E-state index contributed by atoms with van der Waals surface area (Å²) in [6.07, 6.45) is 5.96. The normalized spacial score (nSPS) is 11.7. The van der Waals surface area contributed by atoms with E-state index in [-0.39, 0.29) is 5.41 Å². The molecule has 1 heteroatoms. The van der Waals surface area contributed by atoms with E-state index in [1.807, 2.05) is 25.3 Å². The number of hydrogen-bond acceptors (Lipinski definition) is 1. The molecule has 80 valence electrons. The lowest BCUT2D eigenvalue weighted by molar-refractivity contribution is 0.672. The van der Waals surface area contributed by atoms with Crippen LogP contribution in [0.2, 0.25) is 0 Å². The van der Waals surface area contributed by atoms with E-state index in [9.17, 15) is 0 Å². The summed E-state index contributed by atoms with van der Waals surface area (Å²) in [5, 5.41) is 3.22. The first kappa shape index (κ1) is 11.6. The Morgan fingerprint density at radius 2 is 1.93 bits per heavy atom. The maximum absolute atomic E-state index is 3.70. The summed E-state index contributed by atoms with van der Waals surface area (Å²) in [4.78, 5) is 0. The van der Waals surface area contributed by atoms with Gasteiger partial charge in [-0.05, 0) is 11.6 Å². The predicted octanol–water partition coefficient (Wildman–Crippen LogP) is 3.75. The molecule has 1 rings (SSSR count). The molecule has 1 N–H and O–H groups in total. The van der Waals surface area contributed by atoms with Gasteiger partial charge in [0.05, 0.1) is 0 Å². The van der Waals surface area contributed by atoms with Gasteiger partial charge < -0.3 is 5.32 Å². The molecule has 0 radical (unpaired) electrons. The van der Waals surface area contributed by atoms with Crippen molar-refractivity contribution in [1.82, 2.24) is 0 Å². The topological polar surface area (TPSA) is 12.0 Å². The van der Waals surface area contributed by atoms with Gasteiger partial charge in [0.15, 0.2) is 0 Å². The molecule has 0 unspecified atom stereocenters. The van der Waals surface area contributed by atoms with E-state index in [4.69, 9.17) is 0 Å². The van der Waals surface area contributed by atoms with Crippen molar-refractivity contribution < 1.29 is 0 Å². The molecule has 15 heavy (non-hydrogen) atoms. The van der Waals surface area contributed by atoms with Crippen molar-refractivity contribution in [1.29, 1.82) is 0 Å². The number of rotatable bonds is 4. The van der Waals surface area contributed by atoms with Gasteiger partial charge >= 0.3 is 0 Å². The minimum absolute atomic E-state index is 0.0216. The zero-order chi connectivity index (χ0) is 11.3. The highest BCUT2D eigenvalue weighted by atomic mass is 14.8. The quantitative estimate of drug-likeness (QED) is 0.732. The third-order valence-corrected chi connectivity index (χ3v) is 2.54. The Labute approximate surface area is 92.5 Å². The fraction of sp³-hybridized carbons (Fsp3) is 0.286. The Morgan fingerprint density at radius 1 is 1.27 bits per heavy atom. The summed E-state index contributed by atoms with van der Waals surface area (Å²) >= 11 is 0. The predicted molar refractivity (Wildman–Crippen MR) is 68.4 cm³/mol. The molecule has 0 heterocycles. The van der Waals surface area contributed by atoms with E-state index in [2.05, 4.69) is 50.0 Å². The van der Waals surface area contributed by atoms with Gasteiger partial charge in [-0.2, -0.15) is 0 Å². The molecule has 0 saturated heterocycles. The smallest absolute Gasteiger partial charge is 0.0378 e. The van der Waals surface area contributed by atoms with Crippen molar-refractivity contribution in [3.63, 3.8) is 0 Å². The third kappa shape index (κ3) is 2.72. The number of allylic oxidation sites excluding steroid dienone is 3. The number of benzene rings is 1. The van der Waals surface area contributed by atoms with Gasteiger partial charge in [-0.3, -0.25) is 0 Å². The van der Waals surface area contributed by atoms with Crippen LogP contribution in [0, 0.1) is 0 Å². The molecule has 1 nitrogen and oxygen atoms in total. The highest BCUT2D eigenvalue weighted by molar-refractivity contribution is 5.55. The average molecular weight is 201 g/mol. The van der Waals surface area contributed by atoms with Crippen LogP contribution >= 0.6 is 0 Å². The standard InChI is InChI=1S/C14H19N/c1-5-6-11-14(2,3)12-9-7-8-10-13(12)15-4/h5-11,15H,1H2,2-4H3/b11-6-. The molecule has 0 aliphatic heterocycles. The molecule has 1 aromatic carbocycles. The van der Waals surface area contributed by atoms with E-state index in [1.165, 1.54) is 11.3 Å². The number of anilines is 1. The van der Waals surface area contributed by atoms with Gasteiger partial charge in [-0.15, -0.1) is 0 Å².